The lowest BCUT2D eigenvalue weighted by molar-refractivity contribution is -0.147. The first kappa shape index (κ1) is 21.3. The third kappa shape index (κ3) is 6.53. The average molecular weight is 417 g/mol. The summed E-state index contributed by atoms with van der Waals surface area (Å²) in [4.78, 5) is 0. The molecule has 1 heterocycles. The summed E-state index contributed by atoms with van der Waals surface area (Å²) in [5, 5.41) is 0. The van der Waals surface area contributed by atoms with Crippen LogP contribution in [0.5, 0.6) is 0 Å². The molecule has 0 aromatic heterocycles. The molecular formula is C27H28O4. The first-order chi connectivity index (χ1) is 15.4. The average Bonchev–Trinajstić information content (AvgIpc) is 2.84. The van der Waals surface area contributed by atoms with Gasteiger partial charge in [0.2, 0.25) is 0 Å². The van der Waals surface area contributed by atoms with E-state index in [9.17, 15) is 0 Å². The molecule has 4 nitrogen and oxygen atoms in total. The zero-order valence-electron chi connectivity index (χ0n) is 17.5. The lowest BCUT2D eigenvalue weighted by atomic mass is 10.1. The summed E-state index contributed by atoms with van der Waals surface area (Å²) in [6.45, 7) is 1.96. The van der Waals surface area contributed by atoms with Crippen LogP contribution in [0.2, 0.25) is 0 Å². The molecule has 0 saturated heterocycles. The van der Waals surface area contributed by atoms with Crippen molar-refractivity contribution < 1.29 is 18.9 Å². The highest BCUT2D eigenvalue weighted by Crippen LogP contribution is 2.22. The summed E-state index contributed by atoms with van der Waals surface area (Å²) in [5.41, 5.74) is 3.37. The summed E-state index contributed by atoms with van der Waals surface area (Å²) in [7, 11) is 0. The zero-order chi connectivity index (χ0) is 21.1. The van der Waals surface area contributed by atoms with Gasteiger partial charge in [-0.05, 0) is 22.8 Å². The van der Waals surface area contributed by atoms with Crippen LogP contribution in [-0.2, 0) is 38.8 Å². The van der Waals surface area contributed by atoms with Crippen molar-refractivity contribution in [3.8, 4) is 0 Å². The Balaban J connectivity index is 1.39. The first-order valence-corrected chi connectivity index (χ1v) is 10.6. The molecule has 4 rings (SSSR count). The fourth-order valence-electron chi connectivity index (χ4n) is 3.51. The Morgan fingerprint density at radius 3 is 1.71 bits per heavy atom. The van der Waals surface area contributed by atoms with Crippen LogP contribution in [0.3, 0.4) is 0 Å². The lowest BCUT2D eigenvalue weighted by Crippen LogP contribution is -2.45. The second-order valence-electron chi connectivity index (χ2n) is 7.53. The molecule has 31 heavy (non-hydrogen) atoms. The van der Waals surface area contributed by atoms with E-state index in [1.807, 2.05) is 60.7 Å². The zero-order valence-corrected chi connectivity index (χ0v) is 17.5. The molecule has 1 aliphatic rings. The van der Waals surface area contributed by atoms with Gasteiger partial charge in [-0.2, -0.15) is 0 Å². The predicted molar refractivity (Wildman–Crippen MR) is 120 cm³/mol. The van der Waals surface area contributed by atoms with E-state index in [4.69, 9.17) is 18.9 Å². The topological polar surface area (TPSA) is 36.9 Å². The van der Waals surface area contributed by atoms with Gasteiger partial charge >= 0.3 is 0 Å². The SMILES string of the molecule is C1=CC(OCc2ccccc2)[C@H](OCc2ccccc2)C(COCc2ccccc2)O1. The fourth-order valence-corrected chi connectivity index (χ4v) is 3.51. The molecule has 0 N–H and O–H groups in total. The Morgan fingerprint density at radius 2 is 1.13 bits per heavy atom. The normalized spacial score (nSPS) is 20.3. The maximum atomic E-state index is 6.30. The van der Waals surface area contributed by atoms with Gasteiger partial charge in [-0.1, -0.05) is 91.0 Å². The quantitative estimate of drug-likeness (QED) is 0.450. The van der Waals surface area contributed by atoms with Crippen molar-refractivity contribution in [2.24, 2.45) is 0 Å². The van der Waals surface area contributed by atoms with Gasteiger partial charge in [-0.15, -0.1) is 0 Å². The maximum Gasteiger partial charge on any atom is 0.150 e. The van der Waals surface area contributed by atoms with E-state index in [1.54, 1.807) is 6.26 Å². The highest BCUT2D eigenvalue weighted by molar-refractivity contribution is 5.15. The van der Waals surface area contributed by atoms with Crippen molar-refractivity contribution in [2.75, 3.05) is 6.61 Å². The van der Waals surface area contributed by atoms with Gasteiger partial charge in [0.15, 0.2) is 0 Å². The Bertz CT molecular complexity index is 912. The van der Waals surface area contributed by atoms with Gasteiger partial charge < -0.3 is 18.9 Å². The van der Waals surface area contributed by atoms with E-state index < -0.39 is 0 Å². The van der Waals surface area contributed by atoms with Gasteiger partial charge in [0.05, 0.1) is 32.7 Å². The second-order valence-corrected chi connectivity index (χ2v) is 7.53. The van der Waals surface area contributed by atoms with Gasteiger partial charge in [0.1, 0.15) is 18.3 Å². The third-order valence-corrected chi connectivity index (χ3v) is 5.18. The lowest BCUT2D eigenvalue weighted by Gasteiger charge is -2.34. The Labute approximate surface area is 184 Å². The summed E-state index contributed by atoms with van der Waals surface area (Å²) in [6.07, 6.45) is 2.88. The smallest absolute Gasteiger partial charge is 0.150 e. The van der Waals surface area contributed by atoms with Crippen LogP contribution in [0.1, 0.15) is 16.7 Å². The molecule has 2 unspecified atom stereocenters. The summed E-state index contributed by atoms with van der Waals surface area (Å²) >= 11 is 0. The number of hydrogen-bond acceptors (Lipinski definition) is 4. The third-order valence-electron chi connectivity index (χ3n) is 5.18. The highest BCUT2D eigenvalue weighted by Gasteiger charge is 2.34. The first-order valence-electron chi connectivity index (χ1n) is 10.6. The van der Waals surface area contributed by atoms with E-state index in [1.165, 1.54) is 0 Å². The standard InChI is InChI=1S/C27H28O4/c1-4-10-22(11-5-1)18-28-21-26-27(31-20-24-14-8-3-9-15-24)25(16-17-29-26)30-19-23-12-6-2-7-13-23/h1-17,25-27H,18-21H2/t25?,26?,27-/m0/s1. The van der Waals surface area contributed by atoms with Crippen LogP contribution in [0, 0.1) is 0 Å². The molecule has 3 atom stereocenters. The van der Waals surface area contributed by atoms with E-state index >= 15 is 0 Å². The van der Waals surface area contributed by atoms with E-state index in [0.717, 1.165) is 16.7 Å². The Kier molecular flexibility index (Phi) is 7.88. The second kappa shape index (κ2) is 11.5. The van der Waals surface area contributed by atoms with Crippen molar-refractivity contribution >= 4 is 0 Å². The minimum absolute atomic E-state index is 0.219. The van der Waals surface area contributed by atoms with Crippen LogP contribution >= 0.6 is 0 Å². The number of rotatable bonds is 10. The van der Waals surface area contributed by atoms with Crippen molar-refractivity contribution in [1.29, 1.82) is 0 Å². The molecular weight excluding hydrogens is 388 g/mol. The minimum Gasteiger partial charge on any atom is -0.493 e. The number of hydrogen-bond donors (Lipinski definition) is 0. The van der Waals surface area contributed by atoms with Crippen molar-refractivity contribution in [3.63, 3.8) is 0 Å². The van der Waals surface area contributed by atoms with Crippen molar-refractivity contribution in [2.45, 2.75) is 38.1 Å². The van der Waals surface area contributed by atoms with E-state index in [2.05, 4.69) is 36.4 Å². The molecule has 0 saturated carbocycles. The van der Waals surface area contributed by atoms with Crippen LogP contribution < -0.4 is 0 Å². The molecule has 0 fully saturated rings. The Morgan fingerprint density at radius 1 is 0.613 bits per heavy atom. The Hall–Kier alpha value is -2.92. The van der Waals surface area contributed by atoms with Crippen LogP contribution in [0.25, 0.3) is 0 Å². The summed E-state index contributed by atoms with van der Waals surface area (Å²) in [5.74, 6) is 0. The molecule has 0 aliphatic carbocycles. The van der Waals surface area contributed by atoms with Gasteiger partial charge in [-0.3, -0.25) is 0 Å². The molecule has 0 amide bonds. The maximum absolute atomic E-state index is 6.30. The van der Waals surface area contributed by atoms with Gasteiger partial charge in [-0.25, -0.2) is 0 Å². The van der Waals surface area contributed by atoms with Gasteiger partial charge in [0.25, 0.3) is 0 Å². The molecule has 1 aliphatic heterocycles. The molecule has 0 spiro atoms. The van der Waals surface area contributed by atoms with Crippen LogP contribution in [-0.4, -0.2) is 24.9 Å². The van der Waals surface area contributed by atoms with E-state index in [0.29, 0.717) is 26.4 Å². The van der Waals surface area contributed by atoms with Crippen LogP contribution in [0.15, 0.2) is 103 Å². The molecule has 4 heteroatoms. The largest absolute Gasteiger partial charge is 0.493 e. The summed E-state index contributed by atoms with van der Waals surface area (Å²) < 4.78 is 24.4. The molecule has 3 aromatic carbocycles. The monoisotopic (exact) mass is 416 g/mol. The number of benzene rings is 3. The predicted octanol–water partition coefficient (Wildman–Crippen LogP) is 5.29. The minimum atomic E-state index is -0.273. The molecule has 160 valence electrons. The summed E-state index contributed by atoms with van der Waals surface area (Å²) in [6, 6.07) is 30.4. The molecule has 0 bridgehead atoms. The van der Waals surface area contributed by atoms with Crippen molar-refractivity contribution in [3.05, 3.63) is 120 Å². The van der Waals surface area contributed by atoms with Crippen LogP contribution in [0.4, 0.5) is 0 Å². The number of ether oxygens (including phenoxy) is 4. The van der Waals surface area contributed by atoms with Crippen molar-refractivity contribution in [1.82, 2.24) is 0 Å². The molecule has 0 radical (unpaired) electrons. The molecule has 3 aromatic rings. The van der Waals surface area contributed by atoms with E-state index in [-0.39, 0.29) is 18.3 Å². The highest BCUT2D eigenvalue weighted by atomic mass is 16.6. The fraction of sp³-hybridized carbons (Fsp3) is 0.259. The van der Waals surface area contributed by atoms with Gasteiger partial charge in [0, 0.05) is 0 Å².